The minimum Gasteiger partial charge on any atom is -0.366 e. The SMILES string of the molecule is Cc1ccc(S(=O)(=O)N2CCCCCC2)cc1C(=O)N1CCN(c2ccccc2F)CC1. The van der Waals surface area contributed by atoms with Crippen LogP contribution in [-0.2, 0) is 10.0 Å². The molecule has 2 fully saturated rings. The topological polar surface area (TPSA) is 60.9 Å². The molecular formula is C24H30FN3O3S. The Morgan fingerprint density at radius 1 is 0.875 bits per heavy atom. The maximum absolute atomic E-state index is 14.1. The molecule has 2 aromatic rings. The zero-order valence-electron chi connectivity index (χ0n) is 18.5. The summed E-state index contributed by atoms with van der Waals surface area (Å²) < 4.78 is 42.0. The number of hydrogen-bond donors (Lipinski definition) is 0. The Kier molecular flexibility index (Phi) is 6.81. The monoisotopic (exact) mass is 459 g/mol. The van der Waals surface area contributed by atoms with Crippen LogP contribution in [0.3, 0.4) is 0 Å². The molecule has 0 atom stereocenters. The molecule has 2 aliphatic heterocycles. The molecule has 6 nitrogen and oxygen atoms in total. The van der Waals surface area contributed by atoms with Gasteiger partial charge in [-0.3, -0.25) is 4.79 Å². The summed E-state index contributed by atoms with van der Waals surface area (Å²) in [6, 6.07) is 11.5. The molecule has 0 unspecified atom stereocenters. The number of sulfonamides is 1. The fraction of sp³-hybridized carbons (Fsp3) is 0.458. The first kappa shape index (κ1) is 22.7. The van der Waals surface area contributed by atoms with Crippen molar-refractivity contribution in [2.45, 2.75) is 37.5 Å². The summed E-state index contributed by atoms with van der Waals surface area (Å²) in [5, 5.41) is 0. The highest BCUT2D eigenvalue weighted by Crippen LogP contribution is 2.25. The zero-order valence-corrected chi connectivity index (χ0v) is 19.3. The van der Waals surface area contributed by atoms with E-state index in [1.54, 1.807) is 39.5 Å². The highest BCUT2D eigenvalue weighted by Gasteiger charge is 2.28. The summed E-state index contributed by atoms with van der Waals surface area (Å²) in [5.41, 5.74) is 1.71. The van der Waals surface area contributed by atoms with Crippen molar-refractivity contribution < 1.29 is 17.6 Å². The van der Waals surface area contributed by atoms with Crippen LogP contribution in [0.25, 0.3) is 0 Å². The van der Waals surface area contributed by atoms with Gasteiger partial charge in [-0.2, -0.15) is 4.31 Å². The molecule has 2 aliphatic rings. The van der Waals surface area contributed by atoms with Gasteiger partial charge in [0, 0.05) is 44.8 Å². The van der Waals surface area contributed by atoms with Crippen molar-refractivity contribution in [1.29, 1.82) is 0 Å². The van der Waals surface area contributed by atoms with Gasteiger partial charge in [0.1, 0.15) is 5.82 Å². The molecule has 0 spiro atoms. The normalized spacial score (nSPS) is 18.4. The quantitative estimate of drug-likeness (QED) is 0.700. The van der Waals surface area contributed by atoms with Crippen LogP contribution in [0.2, 0.25) is 0 Å². The second-order valence-corrected chi connectivity index (χ2v) is 10.5. The molecule has 0 aromatic heterocycles. The third kappa shape index (κ3) is 4.66. The van der Waals surface area contributed by atoms with E-state index in [2.05, 4.69) is 0 Å². The van der Waals surface area contributed by atoms with E-state index in [0.717, 1.165) is 31.2 Å². The van der Waals surface area contributed by atoms with Crippen molar-refractivity contribution >= 4 is 21.6 Å². The highest BCUT2D eigenvalue weighted by atomic mass is 32.2. The zero-order chi connectivity index (χ0) is 22.7. The first-order valence-corrected chi connectivity index (χ1v) is 12.7. The lowest BCUT2D eigenvalue weighted by atomic mass is 10.1. The van der Waals surface area contributed by atoms with E-state index in [-0.39, 0.29) is 16.6 Å². The number of anilines is 1. The number of aryl methyl sites for hydroxylation is 1. The minimum absolute atomic E-state index is 0.177. The summed E-state index contributed by atoms with van der Waals surface area (Å²) in [6.45, 7) is 4.83. The predicted octanol–water partition coefficient (Wildman–Crippen LogP) is 3.66. The van der Waals surface area contributed by atoms with Crippen LogP contribution in [-0.4, -0.2) is 62.8 Å². The second kappa shape index (κ2) is 9.58. The smallest absolute Gasteiger partial charge is 0.254 e. The first-order valence-electron chi connectivity index (χ1n) is 11.3. The van der Waals surface area contributed by atoms with E-state index in [1.807, 2.05) is 11.8 Å². The molecule has 2 heterocycles. The number of amides is 1. The van der Waals surface area contributed by atoms with Gasteiger partial charge in [-0.1, -0.05) is 31.0 Å². The van der Waals surface area contributed by atoms with Gasteiger partial charge in [0.05, 0.1) is 10.6 Å². The van der Waals surface area contributed by atoms with E-state index >= 15 is 0 Å². The molecule has 0 aliphatic carbocycles. The number of hydrogen-bond acceptors (Lipinski definition) is 4. The lowest BCUT2D eigenvalue weighted by molar-refractivity contribution is 0.0745. The van der Waals surface area contributed by atoms with Crippen LogP contribution >= 0.6 is 0 Å². The van der Waals surface area contributed by atoms with Gasteiger partial charge in [0.25, 0.3) is 5.91 Å². The fourth-order valence-electron chi connectivity index (χ4n) is 4.45. The van der Waals surface area contributed by atoms with E-state index < -0.39 is 10.0 Å². The van der Waals surface area contributed by atoms with Crippen molar-refractivity contribution in [2.24, 2.45) is 0 Å². The molecule has 32 heavy (non-hydrogen) atoms. The van der Waals surface area contributed by atoms with Crippen molar-refractivity contribution in [1.82, 2.24) is 9.21 Å². The lowest BCUT2D eigenvalue weighted by Gasteiger charge is -2.36. The average molecular weight is 460 g/mol. The van der Waals surface area contributed by atoms with E-state index in [0.29, 0.717) is 50.5 Å². The van der Waals surface area contributed by atoms with Gasteiger partial charge in [-0.15, -0.1) is 0 Å². The van der Waals surface area contributed by atoms with Crippen LogP contribution in [0.15, 0.2) is 47.4 Å². The van der Waals surface area contributed by atoms with E-state index in [9.17, 15) is 17.6 Å². The number of nitrogens with zero attached hydrogens (tertiary/aromatic N) is 3. The number of carbonyl (C=O) groups is 1. The molecule has 0 saturated carbocycles. The van der Waals surface area contributed by atoms with Crippen molar-refractivity contribution in [2.75, 3.05) is 44.2 Å². The average Bonchev–Trinajstić information content (AvgIpc) is 3.10. The third-order valence-electron chi connectivity index (χ3n) is 6.40. The second-order valence-electron chi connectivity index (χ2n) is 8.53. The molecule has 0 bridgehead atoms. The number of piperazine rings is 1. The number of carbonyl (C=O) groups excluding carboxylic acids is 1. The molecule has 4 rings (SSSR count). The van der Waals surface area contributed by atoms with Crippen LogP contribution in [0.5, 0.6) is 0 Å². The van der Waals surface area contributed by atoms with Crippen LogP contribution in [0.4, 0.5) is 10.1 Å². The molecule has 1 amide bonds. The van der Waals surface area contributed by atoms with Crippen LogP contribution in [0.1, 0.15) is 41.6 Å². The Labute approximate surface area is 189 Å². The Morgan fingerprint density at radius 2 is 1.53 bits per heavy atom. The van der Waals surface area contributed by atoms with Crippen molar-refractivity contribution in [3.05, 3.63) is 59.4 Å². The maximum Gasteiger partial charge on any atom is 0.254 e. The predicted molar refractivity (Wildman–Crippen MR) is 123 cm³/mol. The van der Waals surface area contributed by atoms with Gasteiger partial charge in [0.2, 0.25) is 10.0 Å². The van der Waals surface area contributed by atoms with Gasteiger partial charge in [-0.05, 0) is 49.6 Å². The lowest BCUT2D eigenvalue weighted by Crippen LogP contribution is -2.49. The Bertz CT molecular complexity index is 1070. The molecule has 2 saturated heterocycles. The Balaban J connectivity index is 1.50. The van der Waals surface area contributed by atoms with Gasteiger partial charge >= 0.3 is 0 Å². The largest absolute Gasteiger partial charge is 0.366 e. The Hall–Kier alpha value is -2.45. The molecular weight excluding hydrogens is 429 g/mol. The Morgan fingerprint density at radius 3 is 2.19 bits per heavy atom. The molecule has 172 valence electrons. The summed E-state index contributed by atoms with van der Waals surface area (Å²) >= 11 is 0. The van der Waals surface area contributed by atoms with Gasteiger partial charge in [-0.25, -0.2) is 12.8 Å². The standard InChI is InChI=1S/C24H30FN3O3S/c1-19-10-11-20(32(30,31)28-12-6-2-3-7-13-28)18-21(19)24(29)27-16-14-26(15-17-27)23-9-5-4-8-22(23)25/h4-5,8-11,18H,2-3,6-7,12-17H2,1H3. The minimum atomic E-state index is -3.63. The number of rotatable bonds is 4. The summed E-state index contributed by atoms with van der Waals surface area (Å²) in [7, 11) is -3.63. The van der Waals surface area contributed by atoms with Crippen LogP contribution < -0.4 is 4.90 Å². The molecule has 0 radical (unpaired) electrons. The summed E-state index contributed by atoms with van der Waals surface area (Å²) in [5.74, 6) is -0.446. The van der Waals surface area contributed by atoms with E-state index in [4.69, 9.17) is 0 Å². The number of para-hydroxylation sites is 1. The molecule has 8 heteroatoms. The maximum atomic E-state index is 14.1. The van der Waals surface area contributed by atoms with Gasteiger partial charge in [0.15, 0.2) is 0 Å². The third-order valence-corrected chi connectivity index (χ3v) is 8.30. The highest BCUT2D eigenvalue weighted by molar-refractivity contribution is 7.89. The van der Waals surface area contributed by atoms with Crippen LogP contribution in [0, 0.1) is 12.7 Å². The fourth-order valence-corrected chi connectivity index (χ4v) is 6.00. The molecule has 0 N–H and O–H groups in total. The van der Waals surface area contributed by atoms with Gasteiger partial charge < -0.3 is 9.80 Å². The van der Waals surface area contributed by atoms with Crippen molar-refractivity contribution in [3.63, 3.8) is 0 Å². The number of benzene rings is 2. The molecule has 2 aromatic carbocycles. The summed E-state index contributed by atoms with van der Waals surface area (Å²) in [4.78, 5) is 17.1. The number of halogens is 1. The summed E-state index contributed by atoms with van der Waals surface area (Å²) in [6.07, 6.45) is 3.82. The first-order chi connectivity index (χ1) is 15.4. The van der Waals surface area contributed by atoms with Crippen molar-refractivity contribution in [3.8, 4) is 0 Å². The van der Waals surface area contributed by atoms with E-state index in [1.165, 1.54) is 12.1 Å².